The van der Waals surface area contributed by atoms with Crippen LogP contribution in [0.5, 0.6) is 0 Å². The fraction of sp³-hybridized carbons (Fsp3) is 0.448. The Morgan fingerprint density at radius 3 is 2.35 bits per heavy atom. The van der Waals surface area contributed by atoms with Gasteiger partial charge in [-0.2, -0.15) is 5.10 Å². The molecule has 0 saturated carbocycles. The lowest BCUT2D eigenvalue weighted by Gasteiger charge is -2.20. The van der Waals surface area contributed by atoms with Crippen LogP contribution in [0.3, 0.4) is 0 Å². The number of nitrogens with one attached hydrogen (secondary N) is 1. The molecule has 0 aliphatic carbocycles. The molecule has 1 N–H and O–H groups in total. The number of hydrogen-bond acceptors (Lipinski definition) is 3. The number of rotatable bonds is 10. The number of hydrogen-bond donors (Lipinski definition) is 1. The molecule has 0 fully saturated rings. The zero-order chi connectivity index (χ0) is 24.8. The minimum Gasteiger partial charge on any atom is -0.348 e. The van der Waals surface area contributed by atoms with Crippen LogP contribution in [-0.4, -0.2) is 46.3 Å². The van der Waals surface area contributed by atoms with E-state index in [1.165, 1.54) is 11.1 Å². The number of carbonyl (C=O) groups excluding carboxylic acids is 1. The van der Waals surface area contributed by atoms with E-state index in [1.54, 1.807) is 0 Å². The lowest BCUT2D eigenvalue weighted by atomic mass is 10.0. The Bertz CT molecular complexity index is 1130. The standard InChI is InChI=1S/C29H40N4O/c1-8-32(9-2)16-10-11-24(7)30-29(34)28-19-26(25-15-14-21(4)23(6)18-25)31-33(28)27-17-20(3)12-13-22(27)5/h12-15,17-19,24H,8-11,16H2,1-7H3,(H,30,34). The van der Waals surface area contributed by atoms with Gasteiger partial charge in [-0.1, -0.05) is 38.1 Å². The van der Waals surface area contributed by atoms with E-state index in [-0.39, 0.29) is 11.9 Å². The second kappa shape index (κ2) is 11.5. The molecule has 0 aliphatic rings. The molecule has 0 saturated heterocycles. The number of carbonyl (C=O) groups is 1. The first-order valence-corrected chi connectivity index (χ1v) is 12.5. The van der Waals surface area contributed by atoms with E-state index in [4.69, 9.17) is 5.10 Å². The molecule has 34 heavy (non-hydrogen) atoms. The van der Waals surface area contributed by atoms with Crippen LogP contribution in [0.2, 0.25) is 0 Å². The van der Waals surface area contributed by atoms with E-state index in [2.05, 4.69) is 95.1 Å². The van der Waals surface area contributed by atoms with Crippen molar-refractivity contribution < 1.29 is 4.79 Å². The van der Waals surface area contributed by atoms with Crippen LogP contribution in [0, 0.1) is 27.7 Å². The van der Waals surface area contributed by atoms with E-state index in [9.17, 15) is 4.79 Å². The van der Waals surface area contributed by atoms with Gasteiger partial charge >= 0.3 is 0 Å². The number of benzene rings is 2. The molecule has 1 heterocycles. The average molecular weight is 461 g/mol. The maximum atomic E-state index is 13.4. The van der Waals surface area contributed by atoms with Gasteiger partial charge in [-0.25, -0.2) is 4.68 Å². The molecule has 2 aromatic carbocycles. The molecular formula is C29H40N4O. The van der Waals surface area contributed by atoms with Crippen molar-refractivity contribution in [1.29, 1.82) is 0 Å². The highest BCUT2D eigenvalue weighted by atomic mass is 16.2. The third kappa shape index (κ3) is 6.15. The predicted octanol–water partition coefficient (Wildman–Crippen LogP) is 6.01. The summed E-state index contributed by atoms with van der Waals surface area (Å²) in [6.07, 6.45) is 2.01. The van der Waals surface area contributed by atoms with Crippen LogP contribution < -0.4 is 5.32 Å². The Labute approximate surface area is 205 Å². The highest BCUT2D eigenvalue weighted by molar-refractivity contribution is 5.94. The second-order valence-electron chi connectivity index (χ2n) is 9.46. The van der Waals surface area contributed by atoms with Gasteiger partial charge in [-0.3, -0.25) is 4.79 Å². The van der Waals surface area contributed by atoms with Crippen LogP contribution in [0.4, 0.5) is 0 Å². The van der Waals surface area contributed by atoms with Crippen molar-refractivity contribution in [3.8, 4) is 16.9 Å². The smallest absolute Gasteiger partial charge is 0.270 e. The van der Waals surface area contributed by atoms with Gasteiger partial charge < -0.3 is 10.2 Å². The molecule has 0 spiro atoms. The quantitative estimate of drug-likeness (QED) is 0.403. The average Bonchev–Trinajstić information content (AvgIpc) is 3.25. The van der Waals surface area contributed by atoms with Crippen LogP contribution in [0.15, 0.2) is 42.5 Å². The van der Waals surface area contributed by atoms with Gasteiger partial charge in [0.1, 0.15) is 5.69 Å². The van der Waals surface area contributed by atoms with E-state index < -0.39 is 0 Å². The molecule has 0 aliphatic heterocycles. The summed E-state index contributed by atoms with van der Waals surface area (Å²) >= 11 is 0. The number of aryl methyl sites for hydroxylation is 4. The molecule has 0 bridgehead atoms. The van der Waals surface area contributed by atoms with Gasteiger partial charge in [0, 0.05) is 11.6 Å². The summed E-state index contributed by atoms with van der Waals surface area (Å²) < 4.78 is 1.81. The molecular weight excluding hydrogens is 420 g/mol. The fourth-order valence-electron chi connectivity index (χ4n) is 4.25. The van der Waals surface area contributed by atoms with E-state index in [0.717, 1.165) is 60.5 Å². The maximum Gasteiger partial charge on any atom is 0.270 e. The van der Waals surface area contributed by atoms with Crippen molar-refractivity contribution in [2.24, 2.45) is 0 Å². The van der Waals surface area contributed by atoms with Gasteiger partial charge in [0.05, 0.1) is 11.4 Å². The topological polar surface area (TPSA) is 50.2 Å². The largest absolute Gasteiger partial charge is 0.348 e. The van der Waals surface area contributed by atoms with Crippen molar-refractivity contribution >= 4 is 5.91 Å². The third-order valence-corrected chi connectivity index (χ3v) is 6.72. The molecule has 1 unspecified atom stereocenters. The first kappa shape index (κ1) is 25.7. The fourth-order valence-corrected chi connectivity index (χ4v) is 4.25. The summed E-state index contributed by atoms with van der Waals surface area (Å²) in [6.45, 7) is 18.0. The molecule has 3 rings (SSSR count). The van der Waals surface area contributed by atoms with Gasteiger partial charge in [-0.15, -0.1) is 0 Å². The molecule has 1 amide bonds. The van der Waals surface area contributed by atoms with Crippen molar-refractivity contribution in [2.45, 2.75) is 67.3 Å². The Morgan fingerprint density at radius 1 is 0.971 bits per heavy atom. The Balaban J connectivity index is 1.90. The summed E-state index contributed by atoms with van der Waals surface area (Å²) in [5.74, 6) is -0.0844. The van der Waals surface area contributed by atoms with Crippen LogP contribution in [-0.2, 0) is 0 Å². The van der Waals surface area contributed by atoms with Gasteiger partial charge in [0.15, 0.2) is 0 Å². The van der Waals surface area contributed by atoms with E-state index >= 15 is 0 Å². The zero-order valence-electron chi connectivity index (χ0n) is 21.9. The normalized spacial score (nSPS) is 12.2. The van der Waals surface area contributed by atoms with Gasteiger partial charge in [0.25, 0.3) is 5.91 Å². The molecule has 1 atom stereocenters. The maximum absolute atomic E-state index is 13.4. The highest BCUT2D eigenvalue weighted by Crippen LogP contribution is 2.26. The van der Waals surface area contributed by atoms with Gasteiger partial charge in [0.2, 0.25) is 0 Å². The summed E-state index contributed by atoms with van der Waals surface area (Å²) in [7, 11) is 0. The SMILES string of the molecule is CCN(CC)CCCC(C)NC(=O)c1cc(-c2ccc(C)c(C)c2)nn1-c1cc(C)ccc1C. The van der Waals surface area contributed by atoms with E-state index in [0.29, 0.717) is 5.69 Å². The summed E-state index contributed by atoms with van der Waals surface area (Å²) in [5, 5.41) is 8.13. The Kier molecular flexibility index (Phi) is 8.67. The lowest BCUT2D eigenvalue weighted by Crippen LogP contribution is -2.34. The highest BCUT2D eigenvalue weighted by Gasteiger charge is 2.20. The van der Waals surface area contributed by atoms with Crippen molar-refractivity contribution in [3.63, 3.8) is 0 Å². The van der Waals surface area contributed by atoms with Crippen LogP contribution >= 0.6 is 0 Å². The van der Waals surface area contributed by atoms with Crippen molar-refractivity contribution in [1.82, 2.24) is 20.0 Å². The summed E-state index contributed by atoms with van der Waals surface area (Å²) in [4.78, 5) is 15.9. The molecule has 3 aromatic rings. The van der Waals surface area contributed by atoms with Crippen molar-refractivity contribution in [3.05, 3.63) is 70.4 Å². The first-order valence-electron chi connectivity index (χ1n) is 12.5. The second-order valence-corrected chi connectivity index (χ2v) is 9.46. The molecule has 5 nitrogen and oxygen atoms in total. The van der Waals surface area contributed by atoms with Crippen LogP contribution in [0.25, 0.3) is 16.9 Å². The number of aromatic nitrogens is 2. The monoisotopic (exact) mass is 460 g/mol. The first-order chi connectivity index (χ1) is 16.2. The summed E-state index contributed by atoms with van der Waals surface area (Å²) in [6, 6.07) is 14.6. The predicted molar refractivity (Wildman–Crippen MR) is 142 cm³/mol. The molecule has 0 radical (unpaired) electrons. The molecule has 1 aromatic heterocycles. The van der Waals surface area contributed by atoms with Crippen LogP contribution in [0.1, 0.15) is 66.4 Å². The minimum absolute atomic E-state index is 0.0844. The number of amides is 1. The third-order valence-electron chi connectivity index (χ3n) is 6.72. The minimum atomic E-state index is -0.0844. The van der Waals surface area contributed by atoms with Crippen molar-refractivity contribution in [2.75, 3.05) is 19.6 Å². The lowest BCUT2D eigenvalue weighted by molar-refractivity contribution is 0.0929. The Morgan fingerprint density at radius 2 is 1.68 bits per heavy atom. The number of nitrogens with zero attached hydrogens (tertiary/aromatic N) is 3. The molecule has 5 heteroatoms. The van der Waals surface area contributed by atoms with Gasteiger partial charge in [-0.05, 0) is 108 Å². The molecule has 182 valence electrons. The Hall–Kier alpha value is -2.92. The summed E-state index contributed by atoms with van der Waals surface area (Å²) in [5.41, 5.74) is 8.02. The zero-order valence-corrected chi connectivity index (χ0v) is 21.9. The van der Waals surface area contributed by atoms with E-state index in [1.807, 2.05) is 10.7 Å².